The average molecular weight is 403 g/mol. The molecule has 30 heavy (non-hydrogen) atoms. The van der Waals surface area contributed by atoms with Crippen LogP contribution in [0.4, 0.5) is 5.82 Å². The Labute approximate surface area is 175 Å². The van der Waals surface area contributed by atoms with E-state index in [0.29, 0.717) is 11.5 Å². The van der Waals surface area contributed by atoms with Crippen LogP contribution >= 0.6 is 0 Å². The molecule has 0 aromatic carbocycles. The highest BCUT2D eigenvalue weighted by molar-refractivity contribution is 5.64. The van der Waals surface area contributed by atoms with Crippen LogP contribution in [0.15, 0.2) is 48.9 Å². The molecule has 1 aliphatic heterocycles. The summed E-state index contributed by atoms with van der Waals surface area (Å²) in [4.78, 5) is 9.31. The zero-order valence-electron chi connectivity index (χ0n) is 17.3. The molecule has 1 spiro atoms. The SMILES string of the molecule is CC.c1cc(NC2CC3(CNC3)C2)nc(-c2cnc3ccc(-c4cn[nH]c4)nn23)c1. The first-order valence-electron chi connectivity index (χ1n) is 10.6. The summed E-state index contributed by atoms with van der Waals surface area (Å²) in [5.74, 6) is 0.908. The number of aromatic amines is 1. The van der Waals surface area contributed by atoms with Crippen molar-refractivity contribution in [2.24, 2.45) is 5.41 Å². The zero-order chi connectivity index (χ0) is 20.6. The maximum atomic E-state index is 4.83. The molecule has 154 valence electrons. The maximum Gasteiger partial charge on any atom is 0.154 e. The third-order valence-electron chi connectivity index (χ3n) is 5.88. The molecule has 0 unspecified atom stereocenters. The third-order valence-corrected chi connectivity index (χ3v) is 5.88. The van der Waals surface area contributed by atoms with Gasteiger partial charge in [-0.1, -0.05) is 19.9 Å². The number of nitrogens with zero attached hydrogens (tertiary/aromatic N) is 5. The van der Waals surface area contributed by atoms with Gasteiger partial charge in [0.05, 0.1) is 23.8 Å². The Morgan fingerprint density at radius 1 is 1.07 bits per heavy atom. The van der Waals surface area contributed by atoms with Gasteiger partial charge in [0.15, 0.2) is 5.65 Å². The van der Waals surface area contributed by atoms with Gasteiger partial charge < -0.3 is 10.6 Å². The Hall–Kier alpha value is -3.26. The molecule has 5 heterocycles. The van der Waals surface area contributed by atoms with Crippen molar-refractivity contribution >= 4 is 11.5 Å². The average Bonchev–Trinajstić information content (AvgIpc) is 3.40. The van der Waals surface area contributed by atoms with Crippen molar-refractivity contribution in [1.82, 2.24) is 35.1 Å². The molecule has 0 amide bonds. The summed E-state index contributed by atoms with van der Waals surface area (Å²) in [5, 5.41) is 18.5. The fourth-order valence-electron chi connectivity index (χ4n) is 4.31. The standard InChI is InChI=1S/C20H20N8.C2H6/c1-2-16(26-18(3-1)25-14-6-20(7-14)11-21-12-20)17-10-22-19-5-4-15(27-28(17)19)13-8-23-24-9-13;1-2/h1-5,8-10,14,21H,6-7,11-12H2,(H,23,24)(H,25,26);1-2H3. The van der Waals surface area contributed by atoms with Crippen LogP contribution in [0.25, 0.3) is 28.3 Å². The van der Waals surface area contributed by atoms with Gasteiger partial charge in [0, 0.05) is 30.9 Å². The molecule has 4 aromatic rings. The van der Waals surface area contributed by atoms with Gasteiger partial charge >= 0.3 is 0 Å². The first kappa shape index (κ1) is 18.7. The summed E-state index contributed by atoms with van der Waals surface area (Å²) >= 11 is 0. The summed E-state index contributed by atoms with van der Waals surface area (Å²) < 4.78 is 1.84. The Balaban J connectivity index is 0.000000937. The van der Waals surface area contributed by atoms with Crippen LogP contribution in [0.2, 0.25) is 0 Å². The van der Waals surface area contributed by atoms with Gasteiger partial charge in [-0.15, -0.1) is 0 Å². The number of anilines is 1. The van der Waals surface area contributed by atoms with E-state index in [0.717, 1.165) is 47.2 Å². The van der Waals surface area contributed by atoms with Gasteiger partial charge in [-0.3, -0.25) is 5.10 Å². The fourth-order valence-corrected chi connectivity index (χ4v) is 4.31. The Bertz CT molecular complexity index is 1140. The lowest BCUT2D eigenvalue weighted by molar-refractivity contribution is 0.0469. The minimum Gasteiger partial charge on any atom is -0.367 e. The number of nitrogens with one attached hydrogen (secondary N) is 3. The van der Waals surface area contributed by atoms with Crippen molar-refractivity contribution in [1.29, 1.82) is 0 Å². The number of hydrogen-bond acceptors (Lipinski definition) is 6. The molecule has 1 aliphatic carbocycles. The molecule has 1 saturated carbocycles. The Morgan fingerprint density at radius 2 is 1.93 bits per heavy atom. The number of pyridine rings is 1. The van der Waals surface area contributed by atoms with Crippen molar-refractivity contribution in [3.05, 3.63) is 48.9 Å². The second kappa shape index (κ2) is 7.53. The highest BCUT2D eigenvalue weighted by atomic mass is 15.3. The molecule has 2 fully saturated rings. The summed E-state index contributed by atoms with van der Waals surface area (Å²) in [6.45, 7) is 6.32. The van der Waals surface area contributed by atoms with Crippen LogP contribution in [0.3, 0.4) is 0 Å². The predicted octanol–water partition coefficient (Wildman–Crippen LogP) is 3.37. The van der Waals surface area contributed by atoms with Crippen molar-refractivity contribution < 1.29 is 0 Å². The largest absolute Gasteiger partial charge is 0.367 e. The van der Waals surface area contributed by atoms with Crippen LogP contribution in [-0.2, 0) is 0 Å². The lowest BCUT2D eigenvalue weighted by atomic mass is 9.62. The molecule has 0 atom stereocenters. The van der Waals surface area contributed by atoms with Gasteiger partial charge in [-0.25, -0.2) is 14.5 Å². The number of H-pyrrole nitrogens is 1. The van der Waals surface area contributed by atoms with Crippen molar-refractivity contribution in [3.8, 4) is 22.6 Å². The van der Waals surface area contributed by atoms with Crippen LogP contribution in [0.1, 0.15) is 26.7 Å². The van der Waals surface area contributed by atoms with Crippen LogP contribution in [-0.4, -0.2) is 48.9 Å². The molecular formula is C22H26N8. The predicted molar refractivity (Wildman–Crippen MR) is 117 cm³/mol. The maximum absolute atomic E-state index is 4.83. The minimum atomic E-state index is 0.512. The van der Waals surface area contributed by atoms with E-state index in [2.05, 4.69) is 25.8 Å². The molecular weight excluding hydrogens is 376 g/mol. The van der Waals surface area contributed by atoms with E-state index in [1.54, 1.807) is 6.20 Å². The van der Waals surface area contributed by atoms with E-state index in [1.165, 1.54) is 12.8 Å². The smallest absolute Gasteiger partial charge is 0.154 e. The number of fused-ring (bicyclic) bond motifs is 1. The van der Waals surface area contributed by atoms with Crippen molar-refractivity contribution in [2.45, 2.75) is 32.7 Å². The molecule has 1 saturated heterocycles. The van der Waals surface area contributed by atoms with Crippen molar-refractivity contribution in [2.75, 3.05) is 18.4 Å². The van der Waals surface area contributed by atoms with E-state index < -0.39 is 0 Å². The summed E-state index contributed by atoms with van der Waals surface area (Å²) in [7, 11) is 0. The van der Waals surface area contributed by atoms with Crippen LogP contribution < -0.4 is 10.6 Å². The van der Waals surface area contributed by atoms with Crippen LogP contribution in [0.5, 0.6) is 0 Å². The molecule has 8 nitrogen and oxygen atoms in total. The number of hydrogen-bond donors (Lipinski definition) is 3. The summed E-state index contributed by atoms with van der Waals surface area (Å²) in [6.07, 6.45) is 7.85. The molecule has 0 radical (unpaired) electrons. The quantitative estimate of drug-likeness (QED) is 0.484. The van der Waals surface area contributed by atoms with Gasteiger partial charge in [0.1, 0.15) is 11.5 Å². The molecule has 0 bridgehead atoms. The van der Waals surface area contributed by atoms with E-state index in [9.17, 15) is 0 Å². The minimum absolute atomic E-state index is 0.512. The number of rotatable bonds is 4. The van der Waals surface area contributed by atoms with E-state index in [4.69, 9.17) is 10.1 Å². The first-order valence-corrected chi connectivity index (χ1v) is 10.6. The molecule has 3 N–H and O–H groups in total. The summed E-state index contributed by atoms with van der Waals surface area (Å²) in [5.41, 5.74) is 4.84. The zero-order valence-corrected chi connectivity index (χ0v) is 17.3. The molecule has 6 rings (SSSR count). The van der Waals surface area contributed by atoms with Crippen LogP contribution in [0, 0.1) is 5.41 Å². The van der Waals surface area contributed by atoms with Gasteiger partial charge in [0.2, 0.25) is 0 Å². The van der Waals surface area contributed by atoms with Crippen molar-refractivity contribution in [3.63, 3.8) is 0 Å². The Morgan fingerprint density at radius 3 is 2.67 bits per heavy atom. The number of imidazole rings is 1. The van der Waals surface area contributed by atoms with Gasteiger partial charge in [-0.2, -0.15) is 10.2 Å². The first-order chi connectivity index (χ1) is 14.8. The second-order valence-corrected chi connectivity index (χ2v) is 7.88. The summed E-state index contributed by atoms with van der Waals surface area (Å²) in [6, 6.07) is 10.5. The molecule has 8 heteroatoms. The van der Waals surface area contributed by atoms with E-state index >= 15 is 0 Å². The van der Waals surface area contributed by atoms with E-state index in [-0.39, 0.29) is 0 Å². The monoisotopic (exact) mass is 402 g/mol. The van der Waals surface area contributed by atoms with Gasteiger partial charge in [0.25, 0.3) is 0 Å². The van der Waals surface area contributed by atoms with E-state index in [1.807, 2.05) is 61.1 Å². The highest BCUT2D eigenvalue weighted by Crippen LogP contribution is 2.45. The second-order valence-electron chi connectivity index (χ2n) is 7.88. The lowest BCUT2D eigenvalue weighted by Crippen LogP contribution is -2.63. The lowest BCUT2D eigenvalue weighted by Gasteiger charge is -2.54. The molecule has 4 aromatic heterocycles. The third kappa shape index (κ3) is 3.23. The molecule has 2 aliphatic rings. The highest BCUT2D eigenvalue weighted by Gasteiger charge is 2.48. The van der Waals surface area contributed by atoms with Gasteiger partial charge in [-0.05, 0) is 42.5 Å². The Kier molecular flexibility index (Phi) is 4.71. The number of aromatic nitrogens is 6. The topological polar surface area (TPSA) is 95.8 Å². The fraction of sp³-hybridized carbons (Fsp3) is 0.364. The normalized spacial score (nSPS) is 17.1.